The van der Waals surface area contributed by atoms with Gasteiger partial charge in [-0.2, -0.15) is 0 Å². The molecule has 0 aromatic rings. The highest BCUT2D eigenvalue weighted by Gasteiger charge is 2.55. The zero-order valence-corrected chi connectivity index (χ0v) is 9.56. The molecule has 3 unspecified atom stereocenters. The van der Waals surface area contributed by atoms with Gasteiger partial charge in [0, 0.05) is 10.7 Å². The maximum atomic E-state index is 5.77. The van der Waals surface area contributed by atoms with Crippen molar-refractivity contribution in [3.63, 3.8) is 0 Å². The van der Waals surface area contributed by atoms with E-state index in [1.807, 2.05) is 11.4 Å². The normalized spacial score (nSPS) is 53.4. The first-order valence-electron chi connectivity index (χ1n) is 3.87. The second-order valence-electron chi connectivity index (χ2n) is 3.95. The van der Waals surface area contributed by atoms with Gasteiger partial charge in [0.25, 0.3) is 0 Å². The van der Waals surface area contributed by atoms with Crippen LogP contribution in [0, 0.1) is 5.92 Å². The molecule has 11 heavy (non-hydrogen) atoms. The number of rotatable bonds is 0. The van der Waals surface area contributed by atoms with Crippen molar-refractivity contribution in [2.75, 3.05) is 6.66 Å². The van der Waals surface area contributed by atoms with Gasteiger partial charge >= 0.3 is 0 Å². The number of fused-ring (bicyclic) bond motifs is 1. The molecule has 4 heteroatoms. The lowest BCUT2D eigenvalue weighted by Crippen LogP contribution is -2.23. The van der Waals surface area contributed by atoms with Gasteiger partial charge < -0.3 is 4.52 Å². The van der Waals surface area contributed by atoms with Crippen molar-refractivity contribution in [3.05, 3.63) is 0 Å². The Morgan fingerprint density at radius 3 is 2.82 bits per heavy atom. The summed E-state index contributed by atoms with van der Waals surface area (Å²) in [6.45, 7) is 6.70. The van der Waals surface area contributed by atoms with Gasteiger partial charge in [-0.25, -0.2) is 0 Å². The van der Waals surface area contributed by atoms with Gasteiger partial charge in [-0.05, 0) is 26.9 Å². The molecule has 0 bridgehead atoms. The first-order valence-corrected chi connectivity index (χ1v) is 8.46. The molecule has 64 valence electrons. The van der Waals surface area contributed by atoms with Gasteiger partial charge in [0.05, 0.1) is 6.10 Å². The Morgan fingerprint density at radius 2 is 2.27 bits per heavy atom. The van der Waals surface area contributed by atoms with E-state index in [1.54, 1.807) is 0 Å². The quantitative estimate of drug-likeness (QED) is 0.566. The van der Waals surface area contributed by atoms with Crippen molar-refractivity contribution < 1.29 is 4.52 Å². The molecule has 2 aliphatic rings. The second kappa shape index (κ2) is 2.25. The molecule has 1 heterocycles. The topological polar surface area (TPSA) is 9.23 Å². The average molecular weight is 208 g/mol. The first kappa shape index (κ1) is 8.55. The molecule has 0 N–H and O–H groups in total. The van der Waals surface area contributed by atoms with Crippen molar-refractivity contribution in [1.29, 1.82) is 0 Å². The van der Waals surface area contributed by atoms with Crippen LogP contribution in [0.5, 0.6) is 0 Å². The average Bonchev–Trinajstić information content (AvgIpc) is 2.37. The van der Waals surface area contributed by atoms with E-state index in [9.17, 15) is 0 Å². The third-order valence-electron chi connectivity index (χ3n) is 2.35. The Balaban J connectivity index is 2.23. The third kappa shape index (κ3) is 1.53. The zero-order valence-electron chi connectivity index (χ0n) is 7.03. The number of hydrogen-bond acceptors (Lipinski definition) is 3. The van der Waals surface area contributed by atoms with Gasteiger partial charge in [0.1, 0.15) is 5.47 Å². The van der Waals surface area contributed by atoms with Crippen LogP contribution in [0.1, 0.15) is 20.3 Å². The van der Waals surface area contributed by atoms with Crippen LogP contribution in [0.2, 0.25) is 0 Å². The van der Waals surface area contributed by atoms with Gasteiger partial charge in [0.2, 0.25) is 0 Å². The van der Waals surface area contributed by atoms with E-state index in [-0.39, 0.29) is 0 Å². The molecule has 0 radical (unpaired) electrons. The largest absolute Gasteiger partial charge is 0.338 e. The summed E-state index contributed by atoms with van der Waals surface area (Å²) >= 11 is 7.30. The predicted octanol–water partition coefficient (Wildman–Crippen LogP) is 2.86. The molecule has 2 fully saturated rings. The van der Waals surface area contributed by atoms with E-state index >= 15 is 0 Å². The van der Waals surface area contributed by atoms with E-state index < -0.39 is 5.47 Å². The van der Waals surface area contributed by atoms with Gasteiger partial charge in [0.15, 0.2) is 0 Å². The van der Waals surface area contributed by atoms with Crippen LogP contribution in [-0.4, -0.2) is 17.5 Å². The molecular weight excluding hydrogens is 195 g/mol. The first-order chi connectivity index (χ1) is 4.91. The molecule has 0 amide bonds. The highest BCUT2D eigenvalue weighted by atomic mass is 32.9. The summed E-state index contributed by atoms with van der Waals surface area (Å²) in [4.78, 5) is 0. The Hall–Kier alpha value is 0.960. The molecule has 1 saturated carbocycles. The molecule has 3 atom stereocenters. The lowest BCUT2D eigenvalue weighted by molar-refractivity contribution is 0.304. The van der Waals surface area contributed by atoms with Crippen molar-refractivity contribution in [3.8, 4) is 0 Å². The minimum absolute atomic E-state index is 0.382. The lowest BCUT2D eigenvalue weighted by atomic mass is 10.1. The fourth-order valence-electron chi connectivity index (χ4n) is 1.78. The minimum Gasteiger partial charge on any atom is -0.338 e. The summed E-state index contributed by atoms with van der Waals surface area (Å²) in [6.07, 6.45) is 1.76. The Kier molecular flexibility index (Phi) is 1.75. The Labute approximate surface area is 77.1 Å². The number of hydrogen-bond donors (Lipinski definition) is 0. The van der Waals surface area contributed by atoms with Crippen LogP contribution in [0.15, 0.2) is 0 Å². The van der Waals surface area contributed by atoms with E-state index in [4.69, 9.17) is 16.3 Å². The van der Waals surface area contributed by atoms with Crippen LogP contribution in [0.3, 0.4) is 0 Å². The summed E-state index contributed by atoms with van der Waals surface area (Å²) in [5.41, 5.74) is -1.47. The fourth-order valence-corrected chi connectivity index (χ4v) is 9.28. The summed E-state index contributed by atoms with van der Waals surface area (Å²) < 4.78 is 6.15. The van der Waals surface area contributed by atoms with Gasteiger partial charge in [-0.15, -0.1) is 0 Å². The molecule has 2 rings (SSSR count). The summed E-state index contributed by atoms with van der Waals surface area (Å²) in [7, 11) is 0. The highest BCUT2D eigenvalue weighted by molar-refractivity contribution is 8.69. The minimum atomic E-state index is -1.47. The molecule has 1 nitrogen and oxygen atoms in total. The van der Waals surface area contributed by atoms with Crippen LogP contribution in [-0.2, 0) is 16.3 Å². The lowest BCUT2D eigenvalue weighted by Gasteiger charge is -2.34. The fraction of sp³-hybridized carbons (Fsp3) is 1.00. The molecule has 0 aromatic heterocycles. The maximum absolute atomic E-state index is 5.77. The predicted molar refractivity (Wildman–Crippen MR) is 54.9 cm³/mol. The van der Waals surface area contributed by atoms with E-state index in [1.165, 1.54) is 6.42 Å². The summed E-state index contributed by atoms with van der Waals surface area (Å²) in [5, 5.41) is 0. The van der Waals surface area contributed by atoms with E-state index in [0.717, 1.165) is 5.92 Å². The monoisotopic (exact) mass is 208 g/mol. The maximum Gasteiger partial charge on any atom is 0.117 e. The van der Waals surface area contributed by atoms with Crippen molar-refractivity contribution in [1.82, 2.24) is 0 Å². The molecule has 0 aromatic carbocycles. The summed E-state index contributed by atoms with van der Waals surface area (Å²) in [6, 6.07) is 0. The van der Waals surface area contributed by atoms with Crippen molar-refractivity contribution in [2.24, 2.45) is 5.92 Å². The van der Waals surface area contributed by atoms with Gasteiger partial charge in [-0.3, -0.25) is 0 Å². The van der Waals surface area contributed by atoms with E-state index in [0.29, 0.717) is 10.9 Å². The Morgan fingerprint density at radius 1 is 1.64 bits per heavy atom. The van der Waals surface area contributed by atoms with Crippen molar-refractivity contribution in [2.45, 2.75) is 31.1 Å². The zero-order chi connectivity index (χ0) is 8.28. The smallest absolute Gasteiger partial charge is 0.117 e. The summed E-state index contributed by atoms with van der Waals surface area (Å²) in [5.74, 6) is 0.781. The molecule has 0 spiro atoms. The van der Waals surface area contributed by atoms with Crippen LogP contribution >= 0.6 is 16.8 Å². The molecule has 1 aliphatic heterocycles. The molecule has 1 saturated heterocycles. The van der Waals surface area contributed by atoms with Crippen molar-refractivity contribution >= 4 is 28.7 Å². The van der Waals surface area contributed by atoms with Crippen LogP contribution in [0.25, 0.3) is 0 Å². The highest BCUT2D eigenvalue weighted by Crippen LogP contribution is 2.73. The second-order valence-corrected chi connectivity index (χ2v) is 12.4. The van der Waals surface area contributed by atoms with Gasteiger partial charge in [-0.1, -0.05) is 23.2 Å². The third-order valence-corrected chi connectivity index (χ3v) is 7.71. The van der Waals surface area contributed by atoms with E-state index in [2.05, 4.69) is 20.5 Å². The van der Waals surface area contributed by atoms with Crippen LogP contribution < -0.4 is 0 Å². The Bertz CT molecular complexity index is 239. The molecular formula is C7H13OPS2. The molecule has 1 aliphatic carbocycles. The van der Waals surface area contributed by atoms with Crippen LogP contribution in [0.4, 0.5) is 0 Å². The standard InChI is InChI=1S/C7H13OPS2/c1-7(2)5-4-6(5)8-9(3,10)11-7/h5-6H,4H2,1-3H3. The SMILES string of the molecule is CC1(C)SP(C)(=S)OC2CC21.